The highest BCUT2D eigenvalue weighted by molar-refractivity contribution is 7.89. The van der Waals surface area contributed by atoms with Crippen molar-refractivity contribution in [3.8, 4) is 0 Å². The molecule has 2 amide bonds. The van der Waals surface area contributed by atoms with Gasteiger partial charge in [0.05, 0.1) is 4.90 Å². The Morgan fingerprint density at radius 2 is 1.81 bits per heavy atom. The summed E-state index contributed by atoms with van der Waals surface area (Å²) in [5.74, 6) is -0.126. The van der Waals surface area contributed by atoms with Crippen molar-refractivity contribution in [1.82, 2.24) is 14.5 Å². The average Bonchev–Trinajstić information content (AvgIpc) is 3.48. The molecule has 1 fully saturated rings. The van der Waals surface area contributed by atoms with Gasteiger partial charge in [-0.3, -0.25) is 9.59 Å². The van der Waals surface area contributed by atoms with Crippen molar-refractivity contribution in [2.24, 2.45) is 0 Å². The van der Waals surface area contributed by atoms with E-state index in [0.717, 1.165) is 24.8 Å². The van der Waals surface area contributed by atoms with Crippen LogP contribution < -0.4 is 5.32 Å². The molecule has 0 radical (unpaired) electrons. The summed E-state index contributed by atoms with van der Waals surface area (Å²) in [5.41, 5.74) is 3.03. The molecule has 0 unspecified atom stereocenters. The van der Waals surface area contributed by atoms with E-state index in [4.69, 9.17) is 0 Å². The topological polar surface area (TPSA) is 86.8 Å². The standard InChI is InChI=1S/C22H27N3O4S2/c26-21(5-2-9-23-22(27)19-8-14-30-16-19)24-10-12-25(13-11-24)31(28,29)20-7-6-17-3-1-4-18(17)15-20/h6-8,14-16H,1-5,9-13H2,(H,23,27). The molecule has 1 aliphatic heterocycles. The number of carbonyl (C=O) groups excluding carboxylic acids is 2. The van der Waals surface area contributed by atoms with Crippen LogP contribution in [-0.4, -0.2) is 62.2 Å². The highest BCUT2D eigenvalue weighted by Gasteiger charge is 2.30. The van der Waals surface area contributed by atoms with E-state index in [1.807, 2.05) is 17.5 Å². The first-order valence-corrected chi connectivity index (χ1v) is 13.0. The first-order valence-electron chi connectivity index (χ1n) is 10.7. The van der Waals surface area contributed by atoms with Crippen LogP contribution in [0, 0.1) is 0 Å². The van der Waals surface area contributed by atoms with Crippen LogP contribution in [0.3, 0.4) is 0 Å². The van der Waals surface area contributed by atoms with Gasteiger partial charge in [0.1, 0.15) is 0 Å². The third kappa shape index (κ3) is 4.99. The Kier molecular flexibility index (Phi) is 6.74. The lowest BCUT2D eigenvalue weighted by Crippen LogP contribution is -2.50. The van der Waals surface area contributed by atoms with E-state index < -0.39 is 10.0 Å². The highest BCUT2D eigenvalue weighted by Crippen LogP contribution is 2.26. The zero-order valence-electron chi connectivity index (χ0n) is 17.4. The zero-order valence-corrected chi connectivity index (χ0v) is 19.0. The molecular formula is C22H27N3O4S2. The summed E-state index contributed by atoms with van der Waals surface area (Å²) in [5, 5.41) is 6.45. The number of rotatable bonds is 7. The normalized spacial score (nSPS) is 16.8. The number of thiophene rings is 1. The van der Waals surface area contributed by atoms with Gasteiger partial charge in [-0.15, -0.1) is 0 Å². The van der Waals surface area contributed by atoms with Crippen LogP contribution in [0.5, 0.6) is 0 Å². The summed E-state index contributed by atoms with van der Waals surface area (Å²) in [7, 11) is -3.54. The molecule has 4 rings (SSSR count). The predicted octanol–water partition coefficient (Wildman–Crippen LogP) is 2.28. The molecule has 31 heavy (non-hydrogen) atoms. The second-order valence-electron chi connectivity index (χ2n) is 7.94. The van der Waals surface area contributed by atoms with Gasteiger partial charge < -0.3 is 10.2 Å². The number of fused-ring (bicyclic) bond motifs is 1. The number of piperazine rings is 1. The van der Waals surface area contributed by atoms with Crippen molar-refractivity contribution >= 4 is 33.2 Å². The van der Waals surface area contributed by atoms with Gasteiger partial charge in [-0.1, -0.05) is 6.07 Å². The molecule has 9 heteroatoms. The van der Waals surface area contributed by atoms with E-state index in [-0.39, 0.29) is 11.8 Å². The summed E-state index contributed by atoms with van der Waals surface area (Å²) >= 11 is 1.47. The predicted molar refractivity (Wildman–Crippen MR) is 120 cm³/mol. The summed E-state index contributed by atoms with van der Waals surface area (Å²) < 4.78 is 27.5. The van der Waals surface area contributed by atoms with Crippen LogP contribution in [0.15, 0.2) is 39.9 Å². The Morgan fingerprint density at radius 1 is 1.03 bits per heavy atom. The van der Waals surface area contributed by atoms with E-state index in [0.29, 0.717) is 56.0 Å². The minimum absolute atomic E-state index is 0.000592. The Morgan fingerprint density at radius 3 is 2.55 bits per heavy atom. The van der Waals surface area contributed by atoms with E-state index >= 15 is 0 Å². The molecule has 0 saturated carbocycles. The lowest BCUT2D eigenvalue weighted by Gasteiger charge is -2.34. The van der Waals surface area contributed by atoms with Gasteiger partial charge >= 0.3 is 0 Å². The van der Waals surface area contributed by atoms with E-state index in [1.54, 1.807) is 22.4 Å². The number of amides is 2. The molecule has 7 nitrogen and oxygen atoms in total. The van der Waals surface area contributed by atoms with Gasteiger partial charge in [-0.2, -0.15) is 15.6 Å². The Bertz CT molecular complexity index is 1040. The van der Waals surface area contributed by atoms with Gasteiger partial charge in [-0.25, -0.2) is 8.42 Å². The quantitative estimate of drug-likeness (QED) is 0.641. The maximum Gasteiger partial charge on any atom is 0.252 e. The largest absolute Gasteiger partial charge is 0.352 e. The Labute approximate surface area is 187 Å². The number of sulfonamides is 1. The van der Waals surface area contributed by atoms with Crippen LogP contribution in [0.4, 0.5) is 0 Å². The summed E-state index contributed by atoms with van der Waals surface area (Å²) in [4.78, 5) is 26.4. The van der Waals surface area contributed by atoms with Crippen molar-refractivity contribution in [3.05, 3.63) is 51.7 Å². The number of carbonyl (C=O) groups is 2. The zero-order chi connectivity index (χ0) is 21.8. The number of hydrogen-bond donors (Lipinski definition) is 1. The molecule has 0 spiro atoms. The second kappa shape index (κ2) is 9.50. The minimum atomic E-state index is -3.54. The number of nitrogens with zero attached hydrogens (tertiary/aromatic N) is 2. The van der Waals surface area contributed by atoms with Gasteiger partial charge in [0.15, 0.2) is 0 Å². The van der Waals surface area contributed by atoms with Gasteiger partial charge in [0.25, 0.3) is 5.91 Å². The first kappa shape index (κ1) is 22.0. The van der Waals surface area contributed by atoms with E-state index in [9.17, 15) is 18.0 Å². The fraction of sp³-hybridized carbons (Fsp3) is 0.455. The van der Waals surface area contributed by atoms with E-state index in [1.165, 1.54) is 21.2 Å². The van der Waals surface area contributed by atoms with Gasteiger partial charge in [-0.05, 0) is 60.4 Å². The van der Waals surface area contributed by atoms with Gasteiger partial charge in [0, 0.05) is 50.1 Å². The van der Waals surface area contributed by atoms with Crippen molar-refractivity contribution in [1.29, 1.82) is 0 Å². The van der Waals surface area contributed by atoms with Crippen LogP contribution in [0.2, 0.25) is 0 Å². The SMILES string of the molecule is O=C(NCCCC(=O)N1CCN(S(=O)(=O)c2ccc3c(c2)CCC3)CC1)c1ccsc1. The lowest BCUT2D eigenvalue weighted by atomic mass is 10.1. The smallest absolute Gasteiger partial charge is 0.252 e. The number of benzene rings is 1. The van der Waals surface area contributed by atoms with Crippen LogP contribution in [-0.2, 0) is 27.7 Å². The van der Waals surface area contributed by atoms with Crippen molar-refractivity contribution in [2.75, 3.05) is 32.7 Å². The number of nitrogens with one attached hydrogen (secondary N) is 1. The number of aryl methyl sites for hydroxylation is 2. The van der Waals surface area contributed by atoms with Gasteiger partial charge in [0.2, 0.25) is 15.9 Å². The monoisotopic (exact) mass is 461 g/mol. The molecule has 1 aromatic carbocycles. The van der Waals surface area contributed by atoms with E-state index in [2.05, 4.69) is 5.32 Å². The fourth-order valence-electron chi connectivity index (χ4n) is 4.13. The molecule has 2 aliphatic rings. The Hall–Kier alpha value is -2.23. The molecule has 2 aromatic rings. The maximum atomic E-state index is 13.0. The average molecular weight is 462 g/mol. The highest BCUT2D eigenvalue weighted by atomic mass is 32.2. The molecular weight excluding hydrogens is 434 g/mol. The second-order valence-corrected chi connectivity index (χ2v) is 10.7. The molecule has 1 N–H and O–H groups in total. The summed E-state index contributed by atoms with van der Waals surface area (Å²) in [6.07, 6.45) is 3.93. The lowest BCUT2D eigenvalue weighted by molar-refractivity contribution is -0.132. The van der Waals surface area contributed by atoms with Crippen molar-refractivity contribution < 1.29 is 18.0 Å². The van der Waals surface area contributed by atoms with Crippen molar-refractivity contribution in [2.45, 2.75) is 37.0 Å². The molecule has 0 bridgehead atoms. The molecule has 2 heterocycles. The maximum absolute atomic E-state index is 13.0. The van der Waals surface area contributed by atoms with Crippen molar-refractivity contribution in [3.63, 3.8) is 0 Å². The summed E-state index contributed by atoms with van der Waals surface area (Å²) in [6.45, 7) is 1.84. The van der Waals surface area contributed by atoms with Crippen LogP contribution in [0.25, 0.3) is 0 Å². The molecule has 1 saturated heterocycles. The minimum Gasteiger partial charge on any atom is -0.352 e. The molecule has 1 aliphatic carbocycles. The third-order valence-electron chi connectivity index (χ3n) is 5.94. The fourth-order valence-corrected chi connectivity index (χ4v) is 6.24. The van der Waals surface area contributed by atoms with Crippen LogP contribution in [0.1, 0.15) is 40.7 Å². The third-order valence-corrected chi connectivity index (χ3v) is 8.51. The molecule has 166 valence electrons. The molecule has 1 aromatic heterocycles. The summed E-state index contributed by atoms with van der Waals surface area (Å²) in [6, 6.07) is 7.23. The Balaban J connectivity index is 1.23. The number of hydrogen-bond acceptors (Lipinski definition) is 5. The van der Waals surface area contributed by atoms with Crippen LogP contribution >= 0.6 is 11.3 Å². The molecule has 0 atom stereocenters. The first-order chi connectivity index (χ1) is 14.9.